The molecule has 0 fully saturated rings. The minimum absolute atomic E-state index is 0.315. The molecule has 5 nitrogen and oxygen atoms in total. The summed E-state index contributed by atoms with van der Waals surface area (Å²) in [5.74, 6) is -0.315. The number of fused-ring (bicyclic) bond motifs is 1. The first kappa shape index (κ1) is 9.21. The fraction of sp³-hybridized carbons (Fsp3) is 0.556. The van der Waals surface area contributed by atoms with Crippen molar-refractivity contribution in [2.24, 2.45) is 7.05 Å². The van der Waals surface area contributed by atoms with Gasteiger partial charge in [0, 0.05) is 32.1 Å². The summed E-state index contributed by atoms with van der Waals surface area (Å²) in [4.78, 5) is 11.5. The van der Waals surface area contributed by atoms with Crippen LogP contribution >= 0.6 is 0 Å². The Bertz CT molecular complexity index is 370. The van der Waals surface area contributed by atoms with E-state index >= 15 is 0 Å². The summed E-state index contributed by atoms with van der Waals surface area (Å²) in [6, 6.07) is 0. The molecule has 0 aromatic carbocycles. The van der Waals surface area contributed by atoms with E-state index in [0.29, 0.717) is 12.2 Å². The molecule has 1 aromatic heterocycles. The second-order valence-electron chi connectivity index (χ2n) is 3.32. The van der Waals surface area contributed by atoms with Gasteiger partial charge in [-0.15, -0.1) is 0 Å². The fourth-order valence-electron chi connectivity index (χ4n) is 1.78. The third kappa shape index (κ3) is 1.29. The summed E-state index contributed by atoms with van der Waals surface area (Å²) >= 11 is 0. The molecule has 0 amide bonds. The van der Waals surface area contributed by atoms with Crippen LogP contribution in [0.15, 0.2) is 0 Å². The van der Waals surface area contributed by atoms with Gasteiger partial charge in [0.15, 0.2) is 5.69 Å². The second kappa shape index (κ2) is 3.42. The molecule has 0 bridgehead atoms. The second-order valence-corrected chi connectivity index (χ2v) is 3.32. The number of aromatic nitrogens is 2. The largest absolute Gasteiger partial charge is 0.464 e. The van der Waals surface area contributed by atoms with Crippen molar-refractivity contribution in [1.82, 2.24) is 15.1 Å². The van der Waals surface area contributed by atoms with Crippen molar-refractivity contribution in [1.29, 1.82) is 0 Å². The van der Waals surface area contributed by atoms with E-state index in [9.17, 15) is 4.79 Å². The Morgan fingerprint density at radius 3 is 3.14 bits per heavy atom. The molecular weight excluding hydrogens is 182 g/mol. The Kier molecular flexibility index (Phi) is 2.25. The first-order chi connectivity index (χ1) is 6.74. The molecule has 2 heterocycles. The van der Waals surface area contributed by atoms with Crippen molar-refractivity contribution >= 4 is 5.97 Å². The fourth-order valence-corrected chi connectivity index (χ4v) is 1.78. The molecule has 0 unspecified atom stereocenters. The molecule has 5 heteroatoms. The van der Waals surface area contributed by atoms with Gasteiger partial charge in [0.05, 0.1) is 12.8 Å². The Hall–Kier alpha value is -1.36. The van der Waals surface area contributed by atoms with Gasteiger partial charge in [-0.25, -0.2) is 4.79 Å². The van der Waals surface area contributed by atoms with Crippen LogP contribution in [0.25, 0.3) is 0 Å². The van der Waals surface area contributed by atoms with Crippen LogP contribution < -0.4 is 5.32 Å². The summed E-state index contributed by atoms with van der Waals surface area (Å²) in [6.45, 7) is 1.62. The molecule has 1 aromatic rings. The van der Waals surface area contributed by atoms with Gasteiger partial charge in [0.25, 0.3) is 0 Å². The predicted octanol–water partition coefficient (Wildman–Crippen LogP) is -0.148. The zero-order valence-corrected chi connectivity index (χ0v) is 8.33. The van der Waals surface area contributed by atoms with Crippen molar-refractivity contribution in [2.45, 2.75) is 13.0 Å². The first-order valence-electron chi connectivity index (χ1n) is 4.58. The predicted molar refractivity (Wildman–Crippen MR) is 50.0 cm³/mol. The van der Waals surface area contributed by atoms with Crippen LogP contribution in [-0.2, 0) is 24.8 Å². The van der Waals surface area contributed by atoms with Gasteiger partial charge in [-0.1, -0.05) is 0 Å². The van der Waals surface area contributed by atoms with E-state index in [1.54, 1.807) is 11.7 Å². The number of hydrogen-bond donors (Lipinski definition) is 1. The lowest BCUT2D eigenvalue weighted by Gasteiger charge is -2.11. The summed E-state index contributed by atoms with van der Waals surface area (Å²) < 4.78 is 6.31. The van der Waals surface area contributed by atoms with Gasteiger partial charge in [0.2, 0.25) is 0 Å². The van der Waals surface area contributed by atoms with Crippen LogP contribution in [0.3, 0.4) is 0 Å². The molecule has 1 aliphatic rings. The van der Waals surface area contributed by atoms with Crippen LogP contribution in [0, 0.1) is 0 Å². The van der Waals surface area contributed by atoms with Crippen LogP contribution in [0.4, 0.5) is 0 Å². The van der Waals surface area contributed by atoms with Crippen molar-refractivity contribution < 1.29 is 9.53 Å². The summed E-state index contributed by atoms with van der Waals surface area (Å²) in [7, 11) is 3.16. The SMILES string of the molecule is COC(=O)c1c2c(nn1C)CCNC2. The number of esters is 1. The number of carbonyl (C=O) groups excluding carboxylic acids is 1. The maximum atomic E-state index is 11.5. The number of nitrogens with zero attached hydrogens (tertiary/aromatic N) is 2. The van der Waals surface area contributed by atoms with E-state index in [2.05, 4.69) is 10.4 Å². The van der Waals surface area contributed by atoms with Crippen LogP contribution in [0.5, 0.6) is 0 Å². The van der Waals surface area contributed by atoms with E-state index < -0.39 is 0 Å². The van der Waals surface area contributed by atoms with Gasteiger partial charge in [-0.05, 0) is 0 Å². The maximum Gasteiger partial charge on any atom is 0.356 e. The Morgan fingerprint density at radius 1 is 1.64 bits per heavy atom. The van der Waals surface area contributed by atoms with Crippen LogP contribution in [-0.4, -0.2) is 29.4 Å². The number of ether oxygens (including phenoxy) is 1. The summed E-state index contributed by atoms with van der Waals surface area (Å²) in [5, 5.41) is 7.51. The van der Waals surface area contributed by atoms with Gasteiger partial charge in [0.1, 0.15) is 0 Å². The summed E-state index contributed by atoms with van der Waals surface area (Å²) in [5.41, 5.74) is 2.55. The Balaban J connectivity index is 2.47. The van der Waals surface area contributed by atoms with Gasteiger partial charge in [-0.3, -0.25) is 4.68 Å². The molecule has 14 heavy (non-hydrogen) atoms. The van der Waals surface area contributed by atoms with Crippen molar-refractivity contribution in [2.75, 3.05) is 13.7 Å². The molecule has 0 radical (unpaired) electrons. The summed E-state index contributed by atoms with van der Waals surface area (Å²) in [6.07, 6.45) is 0.875. The number of methoxy groups -OCH3 is 1. The lowest BCUT2D eigenvalue weighted by molar-refractivity contribution is 0.0586. The van der Waals surface area contributed by atoms with Crippen LogP contribution in [0.1, 0.15) is 21.7 Å². The highest BCUT2D eigenvalue weighted by Gasteiger charge is 2.23. The standard InChI is InChI=1S/C9H13N3O2/c1-12-8(9(13)14-2)6-5-10-4-3-7(6)11-12/h10H,3-5H2,1-2H3. The molecule has 0 saturated carbocycles. The molecule has 1 aliphatic heterocycles. The zero-order chi connectivity index (χ0) is 10.1. The third-order valence-corrected chi connectivity index (χ3v) is 2.45. The average molecular weight is 195 g/mol. The van der Waals surface area contributed by atoms with E-state index in [-0.39, 0.29) is 5.97 Å². The molecule has 0 aliphatic carbocycles. The zero-order valence-electron chi connectivity index (χ0n) is 8.33. The van der Waals surface area contributed by atoms with E-state index in [1.807, 2.05) is 0 Å². The molecular formula is C9H13N3O2. The minimum Gasteiger partial charge on any atom is -0.464 e. The van der Waals surface area contributed by atoms with Crippen LogP contribution in [0.2, 0.25) is 0 Å². The highest BCUT2D eigenvalue weighted by molar-refractivity contribution is 5.89. The molecule has 0 saturated heterocycles. The molecule has 2 rings (SSSR count). The lowest BCUT2D eigenvalue weighted by atomic mass is 10.1. The molecule has 1 N–H and O–H groups in total. The minimum atomic E-state index is -0.315. The third-order valence-electron chi connectivity index (χ3n) is 2.45. The number of carbonyl (C=O) groups is 1. The Morgan fingerprint density at radius 2 is 2.43 bits per heavy atom. The van der Waals surface area contributed by atoms with E-state index in [0.717, 1.165) is 24.2 Å². The van der Waals surface area contributed by atoms with Crippen molar-refractivity contribution in [3.8, 4) is 0 Å². The monoisotopic (exact) mass is 195 g/mol. The highest BCUT2D eigenvalue weighted by Crippen LogP contribution is 2.17. The Labute approximate surface area is 82.0 Å². The molecule has 0 atom stereocenters. The lowest BCUT2D eigenvalue weighted by Crippen LogP contribution is -2.24. The van der Waals surface area contributed by atoms with Crippen molar-refractivity contribution in [3.05, 3.63) is 17.0 Å². The smallest absolute Gasteiger partial charge is 0.356 e. The van der Waals surface area contributed by atoms with Gasteiger partial charge >= 0.3 is 5.97 Å². The topological polar surface area (TPSA) is 56.1 Å². The molecule has 76 valence electrons. The normalized spacial score (nSPS) is 15.0. The number of hydrogen-bond acceptors (Lipinski definition) is 4. The number of nitrogens with one attached hydrogen (secondary N) is 1. The molecule has 0 spiro atoms. The quantitative estimate of drug-likeness (QED) is 0.633. The van der Waals surface area contributed by atoms with Crippen molar-refractivity contribution in [3.63, 3.8) is 0 Å². The number of aryl methyl sites for hydroxylation is 1. The van der Waals surface area contributed by atoms with E-state index in [1.165, 1.54) is 7.11 Å². The number of rotatable bonds is 1. The highest BCUT2D eigenvalue weighted by atomic mass is 16.5. The van der Waals surface area contributed by atoms with Gasteiger partial charge in [-0.2, -0.15) is 5.10 Å². The average Bonchev–Trinajstić information content (AvgIpc) is 2.53. The van der Waals surface area contributed by atoms with E-state index in [4.69, 9.17) is 4.74 Å². The first-order valence-corrected chi connectivity index (χ1v) is 4.58. The van der Waals surface area contributed by atoms with Gasteiger partial charge < -0.3 is 10.1 Å². The maximum absolute atomic E-state index is 11.5.